The van der Waals surface area contributed by atoms with Gasteiger partial charge in [-0.1, -0.05) is 19.1 Å². The van der Waals surface area contributed by atoms with Crippen LogP contribution in [0.5, 0.6) is 0 Å². The Kier molecular flexibility index (Phi) is 5.03. The van der Waals surface area contributed by atoms with Crippen molar-refractivity contribution in [3.05, 3.63) is 35.4 Å². The van der Waals surface area contributed by atoms with E-state index in [4.69, 9.17) is 5.73 Å². The average Bonchev–Trinajstić information content (AvgIpc) is 2.93. The van der Waals surface area contributed by atoms with Gasteiger partial charge in [-0.15, -0.1) is 0 Å². The molecule has 0 radical (unpaired) electrons. The molecule has 0 bridgehead atoms. The number of amides is 4. The van der Waals surface area contributed by atoms with Crippen LogP contribution in [0.4, 0.5) is 4.79 Å². The molecular weight excluding hydrogens is 320 g/mol. The van der Waals surface area contributed by atoms with Crippen LogP contribution in [0.1, 0.15) is 35.7 Å². The number of benzene rings is 1. The Hall–Kier alpha value is -2.41. The highest BCUT2D eigenvalue weighted by Crippen LogP contribution is 2.24. The Morgan fingerprint density at radius 2 is 2.00 bits per heavy atom. The van der Waals surface area contributed by atoms with E-state index in [1.165, 1.54) is 4.90 Å². The van der Waals surface area contributed by atoms with E-state index in [1.54, 1.807) is 24.3 Å². The first-order chi connectivity index (χ1) is 12.0. The van der Waals surface area contributed by atoms with Gasteiger partial charge in [0.1, 0.15) is 0 Å². The smallest absolute Gasteiger partial charge is 0.324 e. The molecule has 2 aliphatic heterocycles. The van der Waals surface area contributed by atoms with Crippen LogP contribution < -0.4 is 11.1 Å². The van der Waals surface area contributed by atoms with Crippen LogP contribution in [-0.4, -0.2) is 53.3 Å². The minimum absolute atomic E-state index is 0.0106. The predicted molar refractivity (Wildman–Crippen MR) is 92.7 cm³/mol. The lowest BCUT2D eigenvalue weighted by molar-refractivity contribution is -0.125. The quantitative estimate of drug-likeness (QED) is 0.795. The van der Waals surface area contributed by atoms with Crippen molar-refractivity contribution < 1.29 is 14.4 Å². The highest BCUT2D eigenvalue weighted by atomic mass is 16.2. The highest BCUT2D eigenvalue weighted by molar-refractivity contribution is 6.01. The number of imide groups is 1. The summed E-state index contributed by atoms with van der Waals surface area (Å²) in [6, 6.07) is 6.78. The topological polar surface area (TPSA) is 95.7 Å². The monoisotopic (exact) mass is 344 g/mol. The average molecular weight is 344 g/mol. The molecule has 2 fully saturated rings. The summed E-state index contributed by atoms with van der Waals surface area (Å²) in [5.74, 6) is 0.156. The predicted octanol–water partition coefficient (Wildman–Crippen LogP) is 0.938. The summed E-state index contributed by atoms with van der Waals surface area (Å²) in [4.78, 5) is 39.1. The van der Waals surface area contributed by atoms with Crippen molar-refractivity contribution in [2.45, 2.75) is 32.4 Å². The molecule has 2 saturated heterocycles. The SMILES string of the molecule is CC1CCCN(C(=O)c2ccc(CN3C(=O)CNC3=O)cc2)C1CN. The van der Waals surface area contributed by atoms with E-state index in [0.29, 0.717) is 18.0 Å². The highest BCUT2D eigenvalue weighted by Gasteiger charge is 2.31. The lowest BCUT2D eigenvalue weighted by Gasteiger charge is -2.39. The molecule has 25 heavy (non-hydrogen) atoms. The third-order valence-electron chi connectivity index (χ3n) is 5.10. The first kappa shape index (κ1) is 17.4. The number of rotatable bonds is 4. The van der Waals surface area contributed by atoms with E-state index < -0.39 is 0 Å². The van der Waals surface area contributed by atoms with E-state index in [9.17, 15) is 14.4 Å². The Morgan fingerprint density at radius 3 is 2.60 bits per heavy atom. The van der Waals surface area contributed by atoms with E-state index in [2.05, 4.69) is 12.2 Å². The van der Waals surface area contributed by atoms with Gasteiger partial charge in [-0.25, -0.2) is 4.79 Å². The lowest BCUT2D eigenvalue weighted by Crippen LogP contribution is -2.51. The molecule has 7 nitrogen and oxygen atoms in total. The van der Waals surface area contributed by atoms with Crippen LogP contribution in [0.3, 0.4) is 0 Å². The summed E-state index contributed by atoms with van der Waals surface area (Å²) in [5, 5.41) is 2.49. The fourth-order valence-corrected chi connectivity index (χ4v) is 3.58. The van der Waals surface area contributed by atoms with Gasteiger partial charge in [0.2, 0.25) is 5.91 Å². The van der Waals surface area contributed by atoms with Crippen LogP contribution in [-0.2, 0) is 11.3 Å². The molecule has 0 spiro atoms. The van der Waals surface area contributed by atoms with Crippen molar-refractivity contribution in [3.8, 4) is 0 Å². The molecule has 2 atom stereocenters. The van der Waals surface area contributed by atoms with Crippen LogP contribution in [0, 0.1) is 5.92 Å². The number of piperidine rings is 1. The molecule has 2 unspecified atom stereocenters. The molecule has 0 saturated carbocycles. The standard InChI is InChI=1S/C18H24N4O3/c1-12-3-2-8-21(15(12)9-19)17(24)14-6-4-13(5-7-14)11-22-16(23)10-20-18(22)25/h4-7,12,15H,2-3,8-11,19H2,1H3,(H,20,25). The molecule has 3 N–H and O–H groups in total. The summed E-state index contributed by atoms with van der Waals surface area (Å²) in [7, 11) is 0. The molecule has 0 aromatic heterocycles. The van der Waals surface area contributed by atoms with Gasteiger partial charge in [0, 0.05) is 24.7 Å². The number of carbonyl (C=O) groups excluding carboxylic acids is 3. The zero-order chi connectivity index (χ0) is 18.0. The minimum atomic E-state index is -0.377. The summed E-state index contributed by atoms with van der Waals surface area (Å²) in [6.45, 7) is 3.60. The van der Waals surface area contributed by atoms with Crippen LogP contribution in [0.2, 0.25) is 0 Å². The number of nitrogens with one attached hydrogen (secondary N) is 1. The molecule has 7 heteroatoms. The minimum Gasteiger partial charge on any atom is -0.334 e. The van der Waals surface area contributed by atoms with Gasteiger partial charge in [-0.05, 0) is 36.5 Å². The molecule has 1 aromatic carbocycles. The maximum Gasteiger partial charge on any atom is 0.324 e. The number of nitrogens with two attached hydrogens (primary N) is 1. The molecule has 134 valence electrons. The van der Waals surface area contributed by atoms with Crippen molar-refractivity contribution in [2.24, 2.45) is 11.7 Å². The molecule has 3 rings (SSSR count). The summed E-state index contributed by atoms with van der Waals surface area (Å²) >= 11 is 0. The number of carbonyl (C=O) groups is 3. The molecule has 0 aliphatic carbocycles. The van der Waals surface area contributed by atoms with Gasteiger partial charge in [-0.2, -0.15) is 0 Å². The molecular formula is C18H24N4O3. The third-order valence-corrected chi connectivity index (χ3v) is 5.10. The maximum absolute atomic E-state index is 12.8. The number of likely N-dealkylation sites (tertiary alicyclic amines) is 1. The van der Waals surface area contributed by atoms with E-state index in [1.807, 2.05) is 4.90 Å². The van der Waals surface area contributed by atoms with E-state index in [0.717, 1.165) is 24.9 Å². The second-order valence-electron chi connectivity index (χ2n) is 6.76. The van der Waals surface area contributed by atoms with Gasteiger partial charge in [-0.3, -0.25) is 14.5 Å². The van der Waals surface area contributed by atoms with Crippen LogP contribution >= 0.6 is 0 Å². The third kappa shape index (κ3) is 3.51. The summed E-state index contributed by atoms with van der Waals surface area (Å²) < 4.78 is 0. The zero-order valence-corrected chi connectivity index (χ0v) is 14.4. The number of hydrogen-bond acceptors (Lipinski definition) is 4. The fraction of sp³-hybridized carbons (Fsp3) is 0.500. The van der Waals surface area contributed by atoms with Gasteiger partial charge in [0.05, 0.1) is 13.1 Å². The summed E-state index contributed by atoms with van der Waals surface area (Å²) in [5.41, 5.74) is 7.29. The Labute approximate surface area is 147 Å². The largest absolute Gasteiger partial charge is 0.334 e. The maximum atomic E-state index is 12.8. The van der Waals surface area contributed by atoms with Gasteiger partial charge < -0.3 is 16.0 Å². The van der Waals surface area contributed by atoms with Crippen LogP contribution in [0.25, 0.3) is 0 Å². The van der Waals surface area contributed by atoms with Crippen molar-refractivity contribution in [1.29, 1.82) is 0 Å². The van der Waals surface area contributed by atoms with Crippen molar-refractivity contribution in [3.63, 3.8) is 0 Å². The second kappa shape index (κ2) is 7.23. The molecule has 2 aliphatic rings. The Bertz CT molecular complexity index is 657. The van der Waals surface area contributed by atoms with Crippen molar-refractivity contribution >= 4 is 17.8 Å². The molecule has 2 heterocycles. The number of urea groups is 1. The summed E-state index contributed by atoms with van der Waals surface area (Å²) in [6.07, 6.45) is 2.09. The molecule has 4 amide bonds. The first-order valence-electron chi connectivity index (χ1n) is 8.69. The number of nitrogens with zero attached hydrogens (tertiary/aromatic N) is 2. The van der Waals surface area contributed by atoms with Crippen molar-refractivity contribution in [1.82, 2.24) is 15.1 Å². The van der Waals surface area contributed by atoms with Gasteiger partial charge >= 0.3 is 6.03 Å². The normalized spacial score (nSPS) is 23.8. The first-order valence-corrected chi connectivity index (χ1v) is 8.69. The van der Waals surface area contributed by atoms with Crippen LogP contribution in [0.15, 0.2) is 24.3 Å². The number of hydrogen-bond donors (Lipinski definition) is 2. The lowest BCUT2D eigenvalue weighted by atomic mass is 9.90. The van der Waals surface area contributed by atoms with E-state index in [-0.39, 0.29) is 37.0 Å². The van der Waals surface area contributed by atoms with Gasteiger partial charge in [0.15, 0.2) is 0 Å². The van der Waals surface area contributed by atoms with E-state index >= 15 is 0 Å². The zero-order valence-electron chi connectivity index (χ0n) is 14.4. The fourth-order valence-electron chi connectivity index (χ4n) is 3.58. The molecule has 1 aromatic rings. The van der Waals surface area contributed by atoms with Gasteiger partial charge in [0.25, 0.3) is 5.91 Å². The Morgan fingerprint density at radius 1 is 1.28 bits per heavy atom. The second-order valence-corrected chi connectivity index (χ2v) is 6.76. The Balaban J connectivity index is 1.70. The van der Waals surface area contributed by atoms with Crippen molar-refractivity contribution in [2.75, 3.05) is 19.6 Å².